The highest BCUT2D eigenvalue weighted by atomic mass is 16.2. The number of carbonyl (C=O) groups is 1. The molecule has 0 aromatic carbocycles. The molecule has 6 nitrogen and oxygen atoms in total. The summed E-state index contributed by atoms with van der Waals surface area (Å²) in [6, 6.07) is 2.13. The summed E-state index contributed by atoms with van der Waals surface area (Å²) in [6.07, 6.45) is 4.22. The van der Waals surface area contributed by atoms with E-state index in [0.717, 1.165) is 26.1 Å². The second-order valence-electron chi connectivity index (χ2n) is 4.86. The first kappa shape index (κ1) is 13.8. The molecule has 0 radical (unpaired) electrons. The van der Waals surface area contributed by atoms with E-state index in [1.165, 1.54) is 0 Å². The van der Waals surface area contributed by atoms with Crippen molar-refractivity contribution in [1.29, 1.82) is 0 Å². The molecule has 6 heteroatoms. The molecule has 1 aromatic heterocycles. The van der Waals surface area contributed by atoms with E-state index >= 15 is 0 Å². The molecule has 0 bridgehead atoms. The van der Waals surface area contributed by atoms with Crippen LogP contribution in [0.15, 0.2) is 18.5 Å². The molecule has 1 aliphatic heterocycles. The van der Waals surface area contributed by atoms with Crippen LogP contribution in [-0.4, -0.2) is 53.4 Å². The van der Waals surface area contributed by atoms with Crippen LogP contribution >= 0.6 is 0 Å². The standard InChI is InChI=1S/C13H21N5O/c1-3-10-9-18(7-6-17(10)2)13(19)11-8-15-5-4-12(11)16-14/h4-5,8,10H,3,6-7,9,14H2,1-2H3,(H,15,16). The highest BCUT2D eigenvalue weighted by Gasteiger charge is 2.27. The van der Waals surface area contributed by atoms with Crippen LogP contribution in [0.5, 0.6) is 0 Å². The number of carbonyl (C=O) groups excluding carboxylic acids is 1. The molecule has 2 rings (SSSR count). The molecule has 0 saturated carbocycles. The van der Waals surface area contributed by atoms with Crippen molar-refractivity contribution >= 4 is 11.6 Å². The fourth-order valence-electron chi connectivity index (χ4n) is 2.43. The van der Waals surface area contributed by atoms with Crippen LogP contribution in [0.2, 0.25) is 0 Å². The minimum absolute atomic E-state index is 0.00685. The summed E-state index contributed by atoms with van der Waals surface area (Å²) >= 11 is 0. The summed E-state index contributed by atoms with van der Waals surface area (Å²) in [7, 11) is 2.10. The van der Waals surface area contributed by atoms with Crippen molar-refractivity contribution in [3.8, 4) is 0 Å². The van der Waals surface area contributed by atoms with Crippen molar-refractivity contribution in [2.45, 2.75) is 19.4 Å². The van der Waals surface area contributed by atoms with Gasteiger partial charge in [-0.25, -0.2) is 0 Å². The van der Waals surface area contributed by atoms with Gasteiger partial charge in [0.05, 0.1) is 11.3 Å². The second-order valence-corrected chi connectivity index (χ2v) is 4.86. The number of nitrogens with zero attached hydrogens (tertiary/aromatic N) is 3. The smallest absolute Gasteiger partial charge is 0.257 e. The Morgan fingerprint density at radius 3 is 3.05 bits per heavy atom. The van der Waals surface area contributed by atoms with Gasteiger partial charge < -0.3 is 10.3 Å². The molecule has 3 N–H and O–H groups in total. The molecule has 1 saturated heterocycles. The third kappa shape index (κ3) is 2.85. The maximum atomic E-state index is 12.5. The van der Waals surface area contributed by atoms with Crippen molar-refractivity contribution in [3.05, 3.63) is 24.0 Å². The second kappa shape index (κ2) is 5.99. The van der Waals surface area contributed by atoms with E-state index in [-0.39, 0.29) is 5.91 Å². The third-order valence-electron chi connectivity index (χ3n) is 3.74. The number of rotatable bonds is 3. The molecule has 19 heavy (non-hydrogen) atoms. The minimum atomic E-state index is -0.00685. The minimum Gasteiger partial charge on any atom is -0.336 e. The average molecular weight is 263 g/mol. The highest BCUT2D eigenvalue weighted by molar-refractivity contribution is 5.99. The fourth-order valence-corrected chi connectivity index (χ4v) is 2.43. The van der Waals surface area contributed by atoms with Gasteiger partial charge >= 0.3 is 0 Å². The third-order valence-corrected chi connectivity index (χ3v) is 3.74. The zero-order valence-electron chi connectivity index (χ0n) is 11.5. The average Bonchev–Trinajstić information content (AvgIpc) is 2.47. The lowest BCUT2D eigenvalue weighted by Crippen LogP contribution is -2.53. The summed E-state index contributed by atoms with van der Waals surface area (Å²) in [6.45, 7) is 4.54. The van der Waals surface area contributed by atoms with Crippen LogP contribution in [0, 0.1) is 0 Å². The Balaban J connectivity index is 2.15. The van der Waals surface area contributed by atoms with Crippen LogP contribution in [0.3, 0.4) is 0 Å². The van der Waals surface area contributed by atoms with Crippen LogP contribution in [0.1, 0.15) is 23.7 Å². The molecule has 0 spiro atoms. The van der Waals surface area contributed by atoms with E-state index in [1.807, 2.05) is 4.90 Å². The van der Waals surface area contributed by atoms with Crippen molar-refractivity contribution in [3.63, 3.8) is 0 Å². The predicted octanol–water partition coefficient (Wildman–Crippen LogP) is 0.533. The number of nitrogens with one attached hydrogen (secondary N) is 1. The molecular weight excluding hydrogens is 242 g/mol. The van der Waals surface area contributed by atoms with Crippen molar-refractivity contribution in [1.82, 2.24) is 14.8 Å². The Labute approximate surface area is 113 Å². The van der Waals surface area contributed by atoms with Gasteiger partial charge in [0.25, 0.3) is 5.91 Å². The zero-order chi connectivity index (χ0) is 13.8. The van der Waals surface area contributed by atoms with E-state index in [1.54, 1.807) is 18.5 Å². The van der Waals surface area contributed by atoms with Crippen molar-refractivity contribution in [2.24, 2.45) is 5.84 Å². The summed E-state index contributed by atoms with van der Waals surface area (Å²) in [5.74, 6) is 5.43. The SMILES string of the molecule is CCC1CN(C(=O)c2cnccc2NN)CCN1C. The monoisotopic (exact) mass is 263 g/mol. The van der Waals surface area contributed by atoms with E-state index in [9.17, 15) is 4.79 Å². The van der Waals surface area contributed by atoms with Gasteiger partial charge in [-0.2, -0.15) is 0 Å². The number of hydrogen-bond donors (Lipinski definition) is 2. The van der Waals surface area contributed by atoms with Gasteiger partial charge in [-0.05, 0) is 19.5 Å². The lowest BCUT2D eigenvalue weighted by molar-refractivity contribution is 0.0542. The molecule has 1 unspecified atom stereocenters. The first-order valence-electron chi connectivity index (χ1n) is 6.57. The molecule has 1 atom stereocenters. The number of piperazine rings is 1. The normalized spacial score (nSPS) is 20.4. The largest absolute Gasteiger partial charge is 0.336 e. The van der Waals surface area contributed by atoms with E-state index in [0.29, 0.717) is 17.3 Å². The quantitative estimate of drug-likeness (QED) is 0.615. The van der Waals surface area contributed by atoms with Gasteiger partial charge in [0, 0.05) is 38.1 Å². The van der Waals surface area contributed by atoms with E-state index < -0.39 is 0 Å². The Hall–Kier alpha value is -1.66. The summed E-state index contributed by atoms with van der Waals surface area (Å²) in [5, 5.41) is 0. The molecule has 0 aliphatic carbocycles. The van der Waals surface area contributed by atoms with E-state index in [2.05, 4.69) is 29.3 Å². The maximum absolute atomic E-state index is 12.5. The Morgan fingerprint density at radius 2 is 2.37 bits per heavy atom. The summed E-state index contributed by atoms with van der Waals surface area (Å²) < 4.78 is 0. The molecular formula is C13H21N5O. The van der Waals surface area contributed by atoms with Gasteiger partial charge in [-0.1, -0.05) is 6.92 Å². The maximum Gasteiger partial charge on any atom is 0.257 e. The summed E-state index contributed by atoms with van der Waals surface area (Å²) in [5.41, 5.74) is 3.70. The number of nitrogens with two attached hydrogens (primary N) is 1. The number of hydrogen-bond acceptors (Lipinski definition) is 5. The van der Waals surface area contributed by atoms with Gasteiger partial charge in [-0.15, -0.1) is 0 Å². The first-order valence-corrected chi connectivity index (χ1v) is 6.57. The molecule has 2 heterocycles. The number of likely N-dealkylation sites (N-methyl/N-ethyl adjacent to an activating group) is 1. The number of aromatic nitrogens is 1. The van der Waals surface area contributed by atoms with E-state index in [4.69, 9.17) is 5.84 Å². The Kier molecular flexibility index (Phi) is 4.34. The van der Waals surface area contributed by atoms with Gasteiger partial charge in [0.15, 0.2) is 0 Å². The molecule has 1 fully saturated rings. The van der Waals surface area contributed by atoms with Crippen LogP contribution in [0.25, 0.3) is 0 Å². The topological polar surface area (TPSA) is 74.5 Å². The van der Waals surface area contributed by atoms with Crippen LogP contribution in [0.4, 0.5) is 5.69 Å². The molecule has 1 amide bonds. The Bertz CT molecular complexity index is 450. The fraction of sp³-hybridized carbons (Fsp3) is 0.538. The number of amides is 1. The van der Waals surface area contributed by atoms with Crippen LogP contribution < -0.4 is 11.3 Å². The number of nitrogen functional groups attached to an aromatic ring is 1. The van der Waals surface area contributed by atoms with Gasteiger partial charge in [-0.3, -0.25) is 20.5 Å². The Morgan fingerprint density at radius 1 is 1.58 bits per heavy atom. The first-order chi connectivity index (χ1) is 9.17. The molecule has 1 aliphatic rings. The zero-order valence-corrected chi connectivity index (χ0v) is 11.5. The molecule has 1 aromatic rings. The van der Waals surface area contributed by atoms with Gasteiger partial charge in [0.2, 0.25) is 0 Å². The lowest BCUT2D eigenvalue weighted by atomic mass is 10.1. The number of pyridine rings is 1. The van der Waals surface area contributed by atoms with Crippen LogP contribution in [-0.2, 0) is 0 Å². The number of hydrazine groups is 1. The lowest BCUT2D eigenvalue weighted by Gasteiger charge is -2.39. The number of anilines is 1. The van der Waals surface area contributed by atoms with Crippen molar-refractivity contribution < 1.29 is 4.79 Å². The molecule has 104 valence electrons. The summed E-state index contributed by atoms with van der Waals surface area (Å²) in [4.78, 5) is 20.7. The highest BCUT2D eigenvalue weighted by Crippen LogP contribution is 2.18. The predicted molar refractivity (Wildman–Crippen MR) is 74.7 cm³/mol. The van der Waals surface area contributed by atoms with Crippen molar-refractivity contribution in [2.75, 3.05) is 32.1 Å². The van der Waals surface area contributed by atoms with Gasteiger partial charge in [0.1, 0.15) is 0 Å².